The van der Waals surface area contributed by atoms with Crippen molar-refractivity contribution in [2.45, 2.75) is 5.75 Å². The van der Waals surface area contributed by atoms with E-state index in [2.05, 4.69) is 10.3 Å². The van der Waals surface area contributed by atoms with Gasteiger partial charge in [0.25, 0.3) is 0 Å². The van der Waals surface area contributed by atoms with E-state index in [1.807, 2.05) is 12.1 Å². The van der Waals surface area contributed by atoms with E-state index in [1.165, 1.54) is 11.9 Å². The standard InChI is InChI=1S/C11H17N3O2S/c1-12-11(15)14(6-7-16-2)17-9-10-4-3-5-13-8-10/h3-5,8H,6-7,9H2,1-2H3,(H,12,15). The van der Waals surface area contributed by atoms with Crippen LogP contribution in [-0.4, -0.2) is 42.6 Å². The van der Waals surface area contributed by atoms with Gasteiger partial charge in [-0.05, 0) is 23.6 Å². The number of carbonyl (C=O) groups excluding carboxylic acids is 1. The molecule has 0 spiro atoms. The summed E-state index contributed by atoms with van der Waals surface area (Å²) >= 11 is 1.45. The van der Waals surface area contributed by atoms with E-state index in [0.717, 1.165) is 5.56 Å². The smallest absolute Gasteiger partial charge is 0.327 e. The lowest BCUT2D eigenvalue weighted by Gasteiger charge is -2.20. The molecule has 0 unspecified atom stereocenters. The predicted octanol–water partition coefficient (Wildman–Crippen LogP) is 1.52. The molecule has 0 bridgehead atoms. The normalized spacial score (nSPS) is 10.0. The number of hydrogen-bond donors (Lipinski definition) is 1. The molecule has 1 heterocycles. The number of hydrogen-bond acceptors (Lipinski definition) is 4. The summed E-state index contributed by atoms with van der Waals surface area (Å²) < 4.78 is 6.62. The maximum Gasteiger partial charge on any atom is 0.327 e. The fraction of sp³-hybridized carbons (Fsp3) is 0.455. The zero-order chi connectivity index (χ0) is 12.5. The molecule has 0 aliphatic heterocycles. The summed E-state index contributed by atoms with van der Waals surface area (Å²) in [5.74, 6) is 0.713. The average Bonchev–Trinajstić information content (AvgIpc) is 2.39. The van der Waals surface area contributed by atoms with Crippen LogP contribution in [0.1, 0.15) is 5.56 Å². The van der Waals surface area contributed by atoms with Crippen LogP contribution in [0.5, 0.6) is 0 Å². The van der Waals surface area contributed by atoms with Crippen LogP contribution >= 0.6 is 11.9 Å². The van der Waals surface area contributed by atoms with Crippen LogP contribution < -0.4 is 5.32 Å². The summed E-state index contributed by atoms with van der Waals surface area (Å²) in [5, 5.41) is 2.61. The number of nitrogens with zero attached hydrogens (tertiary/aromatic N) is 2. The van der Waals surface area contributed by atoms with Crippen LogP contribution in [0, 0.1) is 0 Å². The van der Waals surface area contributed by atoms with Gasteiger partial charge in [0.05, 0.1) is 13.2 Å². The molecule has 1 N–H and O–H groups in total. The third-order valence-electron chi connectivity index (χ3n) is 2.05. The Morgan fingerprint density at radius 1 is 1.65 bits per heavy atom. The summed E-state index contributed by atoms with van der Waals surface area (Å²) in [6.07, 6.45) is 3.53. The highest BCUT2D eigenvalue weighted by atomic mass is 32.2. The number of aromatic nitrogens is 1. The lowest BCUT2D eigenvalue weighted by molar-refractivity contribution is 0.178. The first kappa shape index (κ1) is 13.8. The lowest BCUT2D eigenvalue weighted by atomic mass is 10.3. The number of urea groups is 1. The molecule has 1 aromatic heterocycles. The fourth-order valence-corrected chi connectivity index (χ4v) is 2.05. The lowest BCUT2D eigenvalue weighted by Crippen LogP contribution is -2.35. The van der Waals surface area contributed by atoms with Crippen molar-refractivity contribution < 1.29 is 9.53 Å². The minimum atomic E-state index is -0.115. The van der Waals surface area contributed by atoms with E-state index in [-0.39, 0.29) is 6.03 Å². The second-order valence-electron chi connectivity index (χ2n) is 3.28. The highest BCUT2D eigenvalue weighted by molar-refractivity contribution is 7.96. The van der Waals surface area contributed by atoms with Crippen LogP contribution in [0.3, 0.4) is 0 Å². The first-order valence-electron chi connectivity index (χ1n) is 5.28. The van der Waals surface area contributed by atoms with E-state index in [0.29, 0.717) is 18.9 Å². The molecule has 0 saturated heterocycles. The topological polar surface area (TPSA) is 54.5 Å². The second-order valence-corrected chi connectivity index (χ2v) is 4.27. The van der Waals surface area contributed by atoms with Crippen LogP contribution in [0.2, 0.25) is 0 Å². The first-order chi connectivity index (χ1) is 8.27. The van der Waals surface area contributed by atoms with E-state index < -0.39 is 0 Å². The molecule has 0 aromatic carbocycles. The monoisotopic (exact) mass is 255 g/mol. The second kappa shape index (κ2) is 7.92. The van der Waals surface area contributed by atoms with Crippen LogP contribution in [-0.2, 0) is 10.5 Å². The SMILES string of the molecule is CNC(=O)N(CCOC)SCc1cccnc1. The maximum absolute atomic E-state index is 11.6. The number of methoxy groups -OCH3 is 1. The average molecular weight is 255 g/mol. The molecule has 0 saturated carbocycles. The molecule has 0 aliphatic carbocycles. The van der Waals surface area contributed by atoms with E-state index in [4.69, 9.17) is 4.74 Å². The van der Waals surface area contributed by atoms with Gasteiger partial charge in [-0.25, -0.2) is 4.79 Å². The maximum atomic E-state index is 11.6. The first-order valence-corrected chi connectivity index (χ1v) is 6.22. The Labute approximate surface area is 106 Å². The van der Waals surface area contributed by atoms with E-state index in [9.17, 15) is 4.79 Å². The van der Waals surface area contributed by atoms with Crippen LogP contribution in [0.25, 0.3) is 0 Å². The van der Waals surface area contributed by atoms with Gasteiger partial charge >= 0.3 is 6.03 Å². The van der Waals surface area contributed by atoms with Crippen molar-refractivity contribution in [1.29, 1.82) is 0 Å². The molecule has 0 fully saturated rings. The Morgan fingerprint density at radius 2 is 2.47 bits per heavy atom. The molecular formula is C11H17N3O2S. The molecule has 1 aromatic rings. The van der Waals surface area contributed by atoms with Gasteiger partial charge in [0.2, 0.25) is 0 Å². The van der Waals surface area contributed by atoms with Gasteiger partial charge in [0.1, 0.15) is 0 Å². The molecule has 1 rings (SSSR count). The Bertz CT molecular complexity index is 335. The van der Waals surface area contributed by atoms with Crippen LogP contribution in [0.15, 0.2) is 24.5 Å². The van der Waals surface area contributed by atoms with Crippen LogP contribution in [0.4, 0.5) is 4.79 Å². The molecule has 94 valence electrons. The van der Waals surface area contributed by atoms with Crippen molar-refractivity contribution in [3.8, 4) is 0 Å². The molecule has 17 heavy (non-hydrogen) atoms. The number of rotatable bonds is 6. The Balaban J connectivity index is 2.46. The molecule has 0 radical (unpaired) electrons. The van der Waals surface area contributed by atoms with Crippen molar-refractivity contribution >= 4 is 18.0 Å². The molecular weight excluding hydrogens is 238 g/mol. The highest BCUT2D eigenvalue weighted by Gasteiger charge is 2.12. The Hall–Kier alpha value is -1.27. The largest absolute Gasteiger partial charge is 0.383 e. The Morgan fingerprint density at radius 3 is 3.06 bits per heavy atom. The summed E-state index contributed by atoms with van der Waals surface area (Å²) in [6, 6.07) is 3.75. The van der Waals surface area contributed by atoms with E-state index >= 15 is 0 Å². The van der Waals surface area contributed by atoms with Crippen molar-refractivity contribution in [3.05, 3.63) is 30.1 Å². The Kier molecular flexibility index (Phi) is 6.42. The number of carbonyl (C=O) groups is 1. The van der Waals surface area contributed by atoms with Crippen molar-refractivity contribution in [1.82, 2.24) is 14.6 Å². The molecule has 5 nitrogen and oxygen atoms in total. The van der Waals surface area contributed by atoms with Crippen molar-refractivity contribution in [2.75, 3.05) is 27.3 Å². The summed E-state index contributed by atoms with van der Waals surface area (Å²) in [6.45, 7) is 1.08. The third-order valence-corrected chi connectivity index (χ3v) is 3.17. The van der Waals surface area contributed by atoms with Gasteiger partial charge in [0.15, 0.2) is 0 Å². The molecule has 0 atom stereocenters. The zero-order valence-electron chi connectivity index (χ0n) is 10.0. The van der Waals surface area contributed by atoms with Gasteiger partial charge in [-0.15, -0.1) is 0 Å². The van der Waals surface area contributed by atoms with Gasteiger partial charge in [-0.2, -0.15) is 0 Å². The minimum absolute atomic E-state index is 0.115. The van der Waals surface area contributed by atoms with E-state index in [1.54, 1.807) is 30.9 Å². The molecule has 0 aliphatic rings. The number of nitrogens with one attached hydrogen (secondary N) is 1. The van der Waals surface area contributed by atoms with Gasteiger partial charge in [0, 0.05) is 32.3 Å². The van der Waals surface area contributed by atoms with Gasteiger partial charge in [-0.3, -0.25) is 9.29 Å². The zero-order valence-corrected chi connectivity index (χ0v) is 10.9. The number of pyridine rings is 1. The minimum Gasteiger partial charge on any atom is -0.383 e. The number of amides is 2. The fourth-order valence-electron chi connectivity index (χ4n) is 1.16. The van der Waals surface area contributed by atoms with Gasteiger partial charge in [-0.1, -0.05) is 6.07 Å². The van der Waals surface area contributed by atoms with Gasteiger partial charge < -0.3 is 10.1 Å². The highest BCUT2D eigenvalue weighted by Crippen LogP contribution is 2.16. The van der Waals surface area contributed by atoms with Crippen molar-refractivity contribution in [2.24, 2.45) is 0 Å². The third kappa shape index (κ3) is 5.06. The summed E-state index contributed by atoms with van der Waals surface area (Å²) in [4.78, 5) is 15.6. The summed E-state index contributed by atoms with van der Waals surface area (Å²) in [7, 11) is 3.24. The molecule has 2 amide bonds. The summed E-state index contributed by atoms with van der Waals surface area (Å²) in [5.41, 5.74) is 1.09. The number of ether oxygens (including phenoxy) is 1. The van der Waals surface area contributed by atoms with Crippen molar-refractivity contribution in [3.63, 3.8) is 0 Å². The quantitative estimate of drug-likeness (QED) is 0.783. The predicted molar refractivity (Wildman–Crippen MR) is 68.6 cm³/mol. The molecule has 6 heteroatoms.